The third-order valence-corrected chi connectivity index (χ3v) is 4.02. The topological polar surface area (TPSA) is 98.8 Å². The van der Waals surface area contributed by atoms with Crippen molar-refractivity contribution in [3.63, 3.8) is 0 Å². The molecule has 5 amide bonds. The summed E-state index contributed by atoms with van der Waals surface area (Å²) in [7, 11) is 0. The molecule has 2 fully saturated rings. The van der Waals surface area contributed by atoms with Crippen LogP contribution in [0.5, 0.6) is 0 Å². The maximum atomic E-state index is 11.9. The number of nitrogens with one attached hydrogen (secondary N) is 2. The Bertz CT molecular complexity index is 514. The van der Waals surface area contributed by atoms with Gasteiger partial charge >= 0.3 is 17.8 Å². The SMILES string of the molecule is C=CCN1C(=O)C(=O)N(CC(=O)NCCC2CCCNC2)C1=O. The molecule has 0 spiro atoms. The molecular weight excluding hydrogens is 300 g/mol. The van der Waals surface area contributed by atoms with Crippen molar-refractivity contribution < 1.29 is 19.2 Å². The minimum atomic E-state index is -0.969. The van der Waals surface area contributed by atoms with Crippen LogP contribution in [0, 0.1) is 5.92 Å². The minimum Gasteiger partial charge on any atom is -0.355 e. The number of rotatable bonds is 7. The maximum absolute atomic E-state index is 11.9. The van der Waals surface area contributed by atoms with Gasteiger partial charge in [-0.25, -0.2) is 9.69 Å². The molecule has 2 rings (SSSR count). The van der Waals surface area contributed by atoms with Gasteiger partial charge in [-0.1, -0.05) is 6.08 Å². The number of hydrogen-bond donors (Lipinski definition) is 2. The second-order valence-corrected chi connectivity index (χ2v) is 5.73. The van der Waals surface area contributed by atoms with Crippen molar-refractivity contribution >= 4 is 23.8 Å². The first kappa shape index (κ1) is 17.1. The van der Waals surface area contributed by atoms with Crippen LogP contribution in [-0.2, 0) is 14.4 Å². The van der Waals surface area contributed by atoms with Crippen molar-refractivity contribution in [2.75, 3.05) is 32.7 Å². The molecule has 23 heavy (non-hydrogen) atoms. The molecule has 2 heterocycles. The predicted molar refractivity (Wildman–Crippen MR) is 82.2 cm³/mol. The highest BCUT2D eigenvalue weighted by molar-refractivity contribution is 6.45. The summed E-state index contributed by atoms with van der Waals surface area (Å²) in [6, 6.07) is -0.772. The molecule has 8 heteroatoms. The fourth-order valence-corrected chi connectivity index (χ4v) is 2.77. The normalized spacial score (nSPS) is 21.7. The van der Waals surface area contributed by atoms with Crippen LogP contribution < -0.4 is 10.6 Å². The Morgan fingerprint density at radius 1 is 1.30 bits per heavy atom. The van der Waals surface area contributed by atoms with Crippen LogP contribution in [0.2, 0.25) is 0 Å². The Morgan fingerprint density at radius 3 is 2.70 bits per heavy atom. The van der Waals surface area contributed by atoms with Gasteiger partial charge in [-0.05, 0) is 38.3 Å². The molecule has 1 atom stereocenters. The fraction of sp³-hybridized carbons (Fsp3) is 0.600. The lowest BCUT2D eigenvalue weighted by Gasteiger charge is -2.22. The minimum absolute atomic E-state index is 0.0454. The van der Waals surface area contributed by atoms with E-state index in [1.165, 1.54) is 6.08 Å². The lowest BCUT2D eigenvalue weighted by molar-refractivity contribution is -0.143. The smallest absolute Gasteiger partial charge is 0.335 e. The number of hydrogen-bond acceptors (Lipinski definition) is 5. The van der Waals surface area contributed by atoms with E-state index >= 15 is 0 Å². The molecule has 2 N–H and O–H groups in total. The number of piperidine rings is 1. The van der Waals surface area contributed by atoms with Crippen molar-refractivity contribution in [1.82, 2.24) is 20.4 Å². The van der Waals surface area contributed by atoms with Crippen LogP contribution in [-0.4, -0.2) is 66.3 Å². The number of urea groups is 1. The average molecular weight is 322 g/mol. The van der Waals surface area contributed by atoms with E-state index in [-0.39, 0.29) is 6.54 Å². The highest BCUT2D eigenvalue weighted by Gasteiger charge is 2.44. The second-order valence-electron chi connectivity index (χ2n) is 5.73. The van der Waals surface area contributed by atoms with E-state index in [2.05, 4.69) is 17.2 Å². The number of imide groups is 2. The highest BCUT2D eigenvalue weighted by atomic mass is 16.2. The quantitative estimate of drug-likeness (QED) is 0.373. The van der Waals surface area contributed by atoms with Gasteiger partial charge in [0.1, 0.15) is 6.54 Å². The summed E-state index contributed by atoms with van der Waals surface area (Å²) in [5.74, 6) is -1.80. The van der Waals surface area contributed by atoms with E-state index in [1.54, 1.807) is 0 Å². The van der Waals surface area contributed by atoms with Crippen LogP contribution in [0.4, 0.5) is 4.79 Å². The van der Waals surface area contributed by atoms with Crippen LogP contribution in [0.3, 0.4) is 0 Å². The molecule has 2 aliphatic rings. The standard InChI is InChI=1S/C15H22N4O4/c1-2-8-18-13(21)14(22)19(15(18)23)10-12(20)17-7-5-11-4-3-6-16-9-11/h2,11,16H,1,3-10H2,(H,17,20). The largest absolute Gasteiger partial charge is 0.355 e. The zero-order valence-corrected chi connectivity index (χ0v) is 13.0. The predicted octanol–water partition coefficient (Wildman–Crippen LogP) is -0.531. The molecule has 0 aromatic heterocycles. The van der Waals surface area contributed by atoms with E-state index < -0.39 is 30.3 Å². The summed E-state index contributed by atoms with van der Waals surface area (Å²) in [5, 5.41) is 6.00. The molecule has 1 unspecified atom stereocenters. The molecule has 0 aliphatic carbocycles. The first-order valence-corrected chi connectivity index (χ1v) is 7.80. The van der Waals surface area contributed by atoms with Crippen LogP contribution in [0.25, 0.3) is 0 Å². The van der Waals surface area contributed by atoms with Gasteiger partial charge < -0.3 is 10.6 Å². The van der Waals surface area contributed by atoms with Crippen molar-refractivity contribution in [3.05, 3.63) is 12.7 Å². The molecule has 0 saturated carbocycles. The second kappa shape index (κ2) is 7.87. The third kappa shape index (κ3) is 4.16. The monoisotopic (exact) mass is 322 g/mol. The zero-order chi connectivity index (χ0) is 16.8. The Morgan fingerprint density at radius 2 is 2.04 bits per heavy atom. The Kier molecular flexibility index (Phi) is 5.86. The highest BCUT2D eigenvalue weighted by Crippen LogP contribution is 2.13. The summed E-state index contributed by atoms with van der Waals surface area (Å²) < 4.78 is 0. The van der Waals surface area contributed by atoms with Crippen molar-refractivity contribution in [2.24, 2.45) is 5.92 Å². The van der Waals surface area contributed by atoms with Gasteiger partial charge in [0.05, 0.1) is 0 Å². The van der Waals surface area contributed by atoms with Crippen LogP contribution >= 0.6 is 0 Å². The van der Waals surface area contributed by atoms with Gasteiger partial charge in [0.15, 0.2) is 0 Å². The zero-order valence-electron chi connectivity index (χ0n) is 13.0. The molecule has 8 nitrogen and oxygen atoms in total. The van der Waals surface area contributed by atoms with E-state index in [9.17, 15) is 19.2 Å². The number of nitrogens with zero attached hydrogens (tertiary/aromatic N) is 2. The first-order chi connectivity index (χ1) is 11.0. The number of amides is 5. The molecule has 2 aliphatic heterocycles. The molecule has 0 radical (unpaired) electrons. The average Bonchev–Trinajstić information content (AvgIpc) is 2.74. The number of carbonyl (C=O) groups excluding carboxylic acids is 4. The summed E-state index contributed by atoms with van der Waals surface area (Å²) >= 11 is 0. The van der Waals surface area contributed by atoms with Gasteiger partial charge in [0.2, 0.25) is 5.91 Å². The van der Waals surface area contributed by atoms with Crippen LogP contribution in [0.1, 0.15) is 19.3 Å². The summed E-state index contributed by atoms with van der Waals surface area (Å²) in [5.41, 5.74) is 0. The first-order valence-electron chi connectivity index (χ1n) is 7.80. The molecule has 126 valence electrons. The molecule has 0 bridgehead atoms. The lowest BCUT2D eigenvalue weighted by Crippen LogP contribution is -2.42. The fourth-order valence-electron chi connectivity index (χ4n) is 2.77. The van der Waals surface area contributed by atoms with E-state index in [0.717, 1.165) is 37.3 Å². The van der Waals surface area contributed by atoms with E-state index in [0.29, 0.717) is 17.4 Å². The van der Waals surface area contributed by atoms with Crippen molar-refractivity contribution in [3.8, 4) is 0 Å². The molecule has 0 aromatic rings. The Hall–Kier alpha value is -2.22. The maximum Gasteiger partial charge on any atom is 0.335 e. The summed E-state index contributed by atoms with van der Waals surface area (Å²) in [4.78, 5) is 48.7. The Labute approximate surface area is 134 Å². The van der Waals surface area contributed by atoms with Gasteiger partial charge in [-0.2, -0.15) is 0 Å². The molecule has 2 saturated heterocycles. The van der Waals surface area contributed by atoms with Crippen molar-refractivity contribution in [1.29, 1.82) is 0 Å². The van der Waals surface area contributed by atoms with Gasteiger partial charge in [0.25, 0.3) is 0 Å². The van der Waals surface area contributed by atoms with Gasteiger partial charge in [0, 0.05) is 13.1 Å². The van der Waals surface area contributed by atoms with Crippen molar-refractivity contribution in [2.45, 2.75) is 19.3 Å². The molecule has 0 aromatic carbocycles. The lowest BCUT2D eigenvalue weighted by atomic mass is 9.96. The van der Waals surface area contributed by atoms with Crippen LogP contribution in [0.15, 0.2) is 12.7 Å². The van der Waals surface area contributed by atoms with E-state index in [4.69, 9.17) is 0 Å². The van der Waals surface area contributed by atoms with Gasteiger partial charge in [-0.3, -0.25) is 19.3 Å². The third-order valence-electron chi connectivity index (χ3n) is 4.02. The Balaban J connectivity index is 1.78. The number of carbonyl (C=O) groups is 4. The summed E-state index contributed by atoms with van der Waals surface area (Å²) in [6.07, 6.45) is 4.47. The summed E-state index contributed by atoms with van der Waals surface area (Å²) in [6.45, 7) is 5.43. The van der Waals surface area contributed by atoms with Gasteiger partial charge in [-0.15, -0.1) is 6.58 Å². The molecular formula is C15H22N4O4. The van der Waals surface area contributed by atoms with E-state index in [1.807, 2.05) is 0 Å².